The molecular formula is C13H23N3OS. The Morgan fingerprint density at radius 2 is 2.22 bits per heavy atom. The normalized spacial score (nSPS) is 23.8. The smallest absolute Gasteiger partial charge is 0.222 e. The molecule has 2 aliphatic rings. The van der Waals surface area contributed by atoms with Gasteiger partial charge < -0.3 is 10.6 Å². The molecule has 1 saturated carbocycles. The zero-order valence-corrected chi connectivity index (χ0v) is 12.1. The molecule has 0 aromatic heterocycles. The van der Waals surface area contributed by atoms with Gasteiger partial charge in [0, 0.05) is 23.8 Å². The van der Waals surface area contributed by atoms with Crippen molar-refractivity contribution >= 4 is 22.8 Å². The molecule has 0 bridgehead atoms. The third-order valence-corrected chi connectivity index (χ3v) is 4.66. The summed E-state index contributed by atoms with van der Waals surface area (Å²) >= 11 is 1.81. The first-order valence-electron chi connectivity index (χ1n) is 6.84. The van der Waals surface area contributed by atoms with Crippen LogP contribution >= 0.6 is 11.8 Å². The van der Waals surface area contributed by atoms with Crippen LogP contribution in [0.5, 0.6) is 0 Å². The van der Waals surface area contributed by atoms with E-state index in [1.54, 1.807) is 0 Å². The Bertz CT molecular complexity index is 335. The minimum absolute atomic E-state index is 0.0907. The highest BCUT2D eigenvalue weighted by Crippen LogP contribution is 2.37. The van der Waals surface area contributed by atoms with Crippen molar-refractivity contribution in [1.29, 1.82) is 0 Å². The first-order valence-corrected chi connectivity index (χ1v) is 7.83. The summed E-state index contributed by atoms with van der Waals surface area (Å²) in [6.07, 6.45) is 5.69. The number of hydrogen-bond acceptors (Lipinski definition) is 3. The van der Waals surface area contributed by atoms with Gasteiger partial charge >= 0.3 is 0 Å². The summed E-state index contributed by atoms with van der Waals surface area (Å²) in [4.78, 5) is 16.0. The number of rotatable bonds is 4. The minimum atomic E-state index is 0.0907. The van der Waals surface area contributed by atoms with Crippen molar-refractivity contribution in [2.24, 2.45) is 4.99 Å². The van der Waals surface area contributed by atoms with Crippen LogP contribution in [0.1, 0.15) is 46.0 Å². The molecule has 1 spiro atoms. The fraction of sp³-hybridized carbons (Fsp3) is 0.846. The van der Waals surface area contributed by atoms with Gasteiger partial charge in [-0.05, 0) is 26.7 Å². The van der Waals surface area contributed by atoms with Crippen molar-refractivity contribution in [3.63, 3.8) is 0 Å². The second-order valence-electron chi connectivity index (χ2n) is 5.56. The van der Waals surface area contributed by atoms with E-state index in [-0.39, 0.29) is 11.9 Å². The lowest BCUT2D eigenvalue weighted by molar-refractivity contribution is -0.121. The van der Waals surface area contributed by atoms with Gasteiger partial charge in [-0.3, -0.25) is 9.79 Å². The lowest BCUT2D eigenvalue weighted by atomic mass is 10.0. The van der Waals surface area contributed by atoms with Gasteiger partial charge in [0.25, 0.3) is 0 Å². The minimum Gasteiger partial charge on any atom is -0.359 e. The number of aliphatic imine (C=N–C) groups is 1. The van der Waals surface area contributed by atoms with E-state index >= 15 is 0 Å². The summed E-state index contributed by atoms with van der Waals surface area (Å²) < 4.78 is 0. The Labute approximate surface area is 113 Å². The van der Waals surface area contributed by atoms with Crippen LogP contribution in [0.25, 0.3) is 0 Å². The zero-order valence-electron chi connectivity index (χ0n) is 11.3. The van der Waals surface area contributed by atoms with E-state index in [9.17, 15) is 4.79 Å². The van der Waals surface area contributed by atoms with E-state index in [1.807, 2.05) is 25.6 Å². The Morgan fingerprint density at radius 3 is 2.89 bits per heavy atom. The van der Waals surface area contributed by atoms with Crippen molar-refractivity contribution < 1.29 is 4.79 Å². The summed E-state index contributed by atoms with van der Waals surface area (Å²) in [5.74, 6) is 1.23. The largest absolute Gasteiger partial charge is 0.359 e. The SMILES string of the molecule is CC(C)NC(=O)CCN=C1NC2(CCCC2)CS1. The van der Waals surface area contributed by atoms with Crippen molar-refractivity contribution in [2.45, 2.75) is 57.5 Å². The van der Waals surface area contributed by atoms with Crippen LogP contribution in [0.2, 0.25) is 0 Å². The number of carbonyl (C=O) groups excluding carboxylic acids is 1. The van der Waals surface area contributed by atoms with Crippen molar-refractivity contribution in [3.05, 3.63) is 0 Å². The average Bonchev–Trinajstić information content (AvgIpc) is 2.89. The lowest BCUT2D eigenvalue weighted by Crippen LogP contribution is -2.40. The molecule has 2 N–H and O–H groups in total. The van der Waals surface area contributed by atoms with E-state index in [0.29, 0.717) is 18.5 Å². The highest BCUT2D eigenvalue weighted by Gasteiger charge is 2.39. The van der Waals surface area contributed by atoms with Crippen LogP contribution in [0, 0.1) is 0 Å². The quantitative estimate of drug-likeness (QED) is 0.819. The van der Waals surface area contributed by atoms with Crippen LogP contribution in [-0.2, 0) is 4.79 Å². The Morgan fingerprint density at radius 1 is 1.50 bits per heavy atom. The van der Waals surface area contributed by atoms with Crippen LogP contribution in [0.3, 0.4) is 0 Å². The fourth-order valence-electron chi connectivity index (χ4n) is 2.56. The van der Waals surface area contributed by atoms with Gasteiger partial charge in [-0.2, -0.15) is 0 Å². The summed E-state index contributed by atoms with van der Waals surface area (Å²) in [6.45, 7) is 4.54. The van der Waals surface area contributed by atoms with Gasteiger partial charge in [-0.15, -0.1) is 0 Å². The third kappa shape index (κ3) is 3.64. The summed E-state index contributed by atoms with van der Waals surface area (Å²) in [6, 6.07) is 0.214. The molecule has 5 heteroatoms. The predicted octanol–water partition coefficient (Wildman–Crippen LogP) is 1.91. The van der Waals surface area contributed by atoms with E-state index in [1.165, 1.54) is 25.7 Å². The van der Waals surface area contributed by atoms with E-state index in [4.69, 9.17) is 0 Å². The molecular weight excluding hydrogens is 246 g/mol. The number of amidine groups is 1. The van der Waals surface area contributed by atoms with E-state index < -0.39 is 0 Å². The molecule has 4 nitrogen and oxygen atoms in total. The molecule has 1 aliphatic heterocycles. The molecule has 1 amide bonds. The molecule has 0 atom stereocenters. The van der Waals surface area contributed by atoms with Crippen LogP contribution in [0.15, 0.2) is 4.99 Å². The van der Waals surface area contributed by atoms with Gasteiger partial charge in [0.1, 0.15) is 0 Å². The molecule has 1 aliphatic carbocycles. The molecule has 2 rings (SSSR count). The van der Waals surface area contributed by atoms with Crippen LogP contribution in [-0.4, -0.2) is 35.0 Å². The maximum Gasteiger partial charge on any atom is 0.222 e. The summed E-state index contributed by atoms with van der Waals surface area (Å²) in [7, 11) is 0. The highest BCUT2D eigenvalue weighted by molar-refractivity contribution is 8.14. The van der Waals surface area contributed by atoms with Crippen LogP contribution < -0.4 is 10.6 Å². The summed E-state index contributed by atoms with van der Waals surface area (Å²) in [5.41, 5.74) is 0.323. The molecule has 1 heterocycles. The van der Waals surface area contributed by atoms with Crippen LogP contribution in [0.4, 0.5) is 0 Å². The second kappa shape index (κ2) is 5.95. The maximum absolute atomic E-state index is 11.5. The molecule has 2 fully saturated rings. The number of nitrogens with zero attached hydrogens (tertiary/aromatic N) is 1. The molecule has 0 aromatic rings. The van der Waals surface area contributed by atoms with Crippen molar-refractivity contribution in [3.8, 4) is 0 Å². The lowest BCUT2D eigenvalue weighted by Gasteiger charge is -2.21. The first kappa shape index (κ1) is 13.7. The highest BCUT2D eigenvalue weighted by atomic mass is 32.2. The van der Waals surface area contributed by atoms with Gasteiger partial charge in [-0.25, -0.2) is 0 Å². The van der Waals surface area contributed by atoms with Gasteiger partial charge in [0.05, 0.1) is 6.54 Å². The number of amides is 1. The standard InChI is InChI=1S/C13H23N3OS/c1-10(2)15-11(17)5-8-14-12-16-13(9-18-12)6-3-4-7-13/h10H,3-9H2,1-2H3,(H,14,16)(H,15,17). The first-order chi connectivity index (χ1) is 8.60. The molecule has 102 valence electrons. The number of nitrogens with one attached hydrogen (secondary N) is 2. The Kier molecular flexibility index (Phi) is 4.54. The number of hydrogen-bond donors (Lipinski definition) is 2. The molecule has 0 aromatic carbocycles. The monoisotopic (exact) mass is 269 g/mol. The fourth-order valence-corrected chi connectivity index (χ4v) is 3.81. The number of thioether (sulfide) groups is 1. The van der Waals surface area contributed by atoms with E-state index in [2.05, 4.69) is 15.6 Å². The number of carbonyl (C=O) groups is 1. The van der Waals surface area contributed by atoms with Crippen molar-refractivity contribution in [1.82, 2.24) is 10.6 Å². The van der Waals surface area contributed by atoms with Gasteiger partial charge in [0.15, 0.2) is 5.17 Å². The maximum atomic E-state index is 11.5. The Hall–Kier alpha value is -0.710. The zero-order chi connectivity index (χ0) is 13.0. The van der Waals surface area contributed by atoms with Gasteiger partial charge in [-0.1, -0.05) is 24.6 Å². The summed E-state index contributed by atoms with van der Waals surface area (Å²) in [5, 5.41) is 7.48. The molecule has 0 unspecified atom stereocenters. The molecule has 0 radical (unpaired) electrons. The molecule has 1 saturated heterocycles. The third-order valence-electron chi connectivity index (χ3n) is 3.46. The van der Waals surface area contributed by atoms with Gasteiger partial charge in [0.2, 0.25) is 5.91 Å². The molecule has 18 heavy (non-hydrogen) atoms. The second-order valence-corrected chi connectivity index (χ2v) is 6.52. The average molecular weight is 269 g/mol. The predicted molar refractivity (Wildman–Crippen MR) is 77.0 cm³/mol. The topological polar surface area (TPSA) is 53.5 Å². The van der Waals surface area contributed by atoms with E-state index in [0.717, 1.165) is 10.9 Å². The van der Waals surface area contributed by atoms with Crippen molar-refractivity contribution in [2.75, 3.05) is 12.3 Å². The Balaban J connectivity index is 1.73.